The van der Waals surface area contributed by atoms with Crippen LogP contribution in [-0.2, 0) is 0 Å². The van der Waals surface area contributed by atoms with Gasteiger partial charge in [-0.15, -0.1) is 0 Å². The Kier molecular flexibility index (Phi) is 4.59. The second kappa shape index (κ2) is 6.31. The van der Waals surface area contributed by atoms with Crippen LogP contribution in [0.1, 0.15) is 0 Å². The highest BCUT2D eigenvalue weighted by molar-refractivity contribution is 5.66. The Morgan fingerprint density at radius 3 is 2.27 bits per heavy atom. The molecule has 5 heteroatoms. The summed E-state index contributed by atoms with van der Waals surface area (Å²) in [6, 6.07) is 1.78. The van der Waals surface area contributed by atoms with E-state index in [1.807, 2.05) is 6.08 Å². The van der Waals surface area contributed by atoms with Gasteiger partial charge in [0.2, 0.25) is 0 Å². The average molecular weight is 205 g/mol. The molecule has 1 aliphatic rings. The minimum absolute atomic E-state index is 0.464. The van der Waals surface area contributed by atoms with Crippen LogP contribution in [0.3, 0.4) is 0 Å². The third-order valence-electron chi connectivity index (χ3n) is 1.54. The summed E-state index contributed by atoms with van der Waals surface area (Å²) < 4.78 is 0. The maximum atomic E-state index is 10.2. The molecule has 0 saturated heterocycles. The summed E-state index contributed by atoms with van der Waals surface area (Å²) in [6.45, 7) is 0.464. The van der Waals surface area contributed by atoms with Crippen LogP contribution in [0.5, 0.6) is 0 Å². The number of carboxylic acid groups (broad SMARTS) is 1. The van der Waals surface area contributed by atoms with E-state index in [-0.39, 0.29) is 0 Å². The van der Waals surface area contributed by atoms with Crippen molar-refractivity contribution in [3.8, 4) is 0 Å². The van der Waals surface area contributed by atoms with Gasteiger partial charge in [-0.3, -0.25) is 4.90 Å². The van der Waals surface area contributed by atoms with Gasteiger partial charge in [-0.25, -0.2) is 14.8 Å². The molecule has 0 aromatic carbocycles. The van der Waals surface area contributed by atoms with Crippen LogP contribution >= 0.6 is 0 Å². The van der Waals surface area contributed by atoms with Crippen LogP contribution < -0.4 is 0 Å². The van der Waals surface area contributed by atoms with Crippen molar-refractivity contribution in [2.24, 2.45) is 0 Å². The van der Waals surface area contributed by atoms with E-state index in [1.54, 1.807) is 30.6 Å². The first kappa shape index (κ1) is 10.9. The van der Waals surface area contributed by atoms with E-state index >= 15 is 0 Å². The molecule has 0 spiro atoms. The molecule has 0 unspecified atom stereocenters. The molecule has 0 bridgehead atoms. The summed E-state index contributed by atoms with van der Waals surface area (Å²) in [6.07, 6.45) is 10.8. The highest BCUT2D eigenvalue weighted by Gasteiger charge is 2.05. The minimum Gasteiger partial charge on any atom is -0.465 e. The average Bonchev–Trinajstić information content (AvgIpc) is 2.33. The lowest BCUT2D eigenvalue weighted by Gasteiger charge is -2.12. The molecule has 1 aromatic heterocycles. The lowest BCUT2D eigenvalue weighted by molar-refractivity contribution is 0.166. The van der Waals surface area contributed by atoms with Gasteiger partial charge < -0.3 is 5.11 Å². The van der Waals surface area contributed by atoms with Crippen LogP contribution in [0.25, 0.3) is 0 Å². The van der Waals surface area contributed by atoms with Crippen LogP contribution in [-0.4, -0.2) is 32.6 Å². The van der Waals surface area contributed by atoms with Crippen molar-refractivity contribution in [1.82, 2.24) is 14.9 Å². The molecule has 1 aromatic rings. The molecule has 0 saturated carbocycles. The normalized spacial score (nSPS) is 12.9. The molecule has 1 aliphatic heterocycles. The summed E-state index contributed by atoms with van der Waals surface area (Å²) in [5.41, 5.74) is 0. The van der Waals surface area contributed by atoms with Gasteiger partial charge in [0.05, 0.1) is 0 Å². The van der Waals surface area contributed by atoms with Crippen molar-refractivity contribution >= 4 is 6.09 Å². The van der Waals surface area contributed by atoms with Crippen molar-refractivity contribution < 1.29 is 9.90 Å². The van der Waals surface area contributed by atoms with Crippen molar-refractivity contribution in [1.29, 1.82) is 0 Å². The number of rotatable bonds is 0. The molecule has 1 amide bonds. The Bertz CT molecular complexity index is 322. The van der Waals surface area contributed by atoms with Gasteiger partial charge in [-0.05, 0) is 12.1 Å². The molecular formula is C10H11N3O2. The van der Waals surface area contributed by atoms with Crippen molar-refractivity contribution in [3.63, 3.8) is 0 Å². The molecule has 15 heavy (non-hydrogen) atoms. The number of hydrogen-bond donors (Lipinski definition) is 1. The number of nitrogens with zero attached hydrogens (tertiary/aromatic N) is 3. The Balaban J connectivity index is 0.000000162. The molecular weight excluding hydrogens is 194 g/mol. The van der Waals surface area contributed by atoms with Crippen molar-refractivity contribution in [3.05, 3.63) is 49.2 Å². The Hall–Kier alpha value is -2.17. The first-order valence-electron chi connectivity index (χ1n) is 4.33. The smallest absolute Gasteiger partial charge is 0.411 e. The number of hydrogen-bond acceptors (Lipinski definition) is 3. The monoisotopic (exact) mass is 205 g/mol. The lowest BCUT2D eigenvalue weighted by atomic mass is 10.4. The van der Waals surface area contributed by atoms with Gasteiger partial charge in [-0.2, -0.15) is 0 Å². The summed E-state index contributed by atoms with van der Waals surface area (Å²) in [5.74, 6) is 0. The zero-order valence-corrected chi connectivity index (χ0v) is 8.02. The molecule has 2 heterocycles. The van der Waals surface area contributed by atoms with Crippen LogP contribution in [0.2, 0.25) is 0 Å². The standard InChI is InChI=1S/C6H7NO2.C4H4N2/c8-6(9)7-4-2-1-3-5-7;1-2-5-4-6-3-1/h1-4H,5H2,(H,8,9);1-4H. The molecule has 0 aliphatic carbocycles. The maximum absolute atomic E-state index is 10.2. The number of carbonyl (C=O) groups is 1. The van der Waals surface area contributed by atoms with E-state index in [4.69, 9.17) is 5.11 Å². The van der Waals surface area contributed by atoms with Crippen molar-refractivity contribution in [2.45, 2.75) is 0 Å². The third-order valence-corrected chi connectivity index (χ3v) is 1.54. The quantitative estimate of drug-likeness (QED) is 0.697. The SMILES string of the molecule is O=C(O)N1C=CC=CC1.c1cncnc1. The number of allylic oxidation sites excluding steroid dienone is 2. The number of aromatic nitrogens is 2. The van der Waals surface area contributed by atoms with Crippen LogP contribution in [0.4, 0.5) is 4.79 Å². The molecule has 0 radical (unpaired) electrons. The fraction of sp³-hybridized carbons (Fsp3) is 0.100. The predicted molar refractivity (Wildman–Crippen MR) is 55.0 cm³/mol. The molecule has 0 fully saturated rings. The minimum atomic E-state index is -0.907. The van der Waals surface area contributed by atoms with E-state index in [2.05, 4.69) is 9.97 Å². The van der Waals surface area contributed by atoms with Crippen LogP contribution in [0.15, 0.2) is 49.2 Å². The maximum Gasteiger partial charge on any atom is 0.411 e. The Morgan fingerprint density at radius 1 is 1.27 bits per heavy atom. The van der Waals surface area contributed by atoms with Gasteiger partial charge in [0.15, 0.2) is 0 Å². The second-order valence-electron chi connectivity index (χ2n) is 2.61. The largest absolute Gasteiger partial charge is 0.465 e. The second-order valence-corrected chi connectivity index (χ2v) is 2.61. The Labute approximate surface area is 87.4 Å². The molecule has 1 N–H and O–H groups in total. The van der Waals surface area contributed by atoms with Gasteiger partial charge >= 0.3 is 6.09 Å². The van der Waals surface area contributed by atoms with E-state index in [0.717, 1.165) is 0 Å². The highest BCUT2D eigenvalue weighted by Crippen LogP contribution is 1.97. The zero-order valence-electron chi connectivity index (χ0n) is 8.02. The third kappa shape index (κ3) is 4.56. The first-order chi connectivity index (χ1) is 7.30. The number of amides is 1. The molecule has 78 valence electrons. The van der Waals surface area contributed by atoms with Gasteiger partial charge in [0.1, 0.15) is 6.33 Å². The van der Waals surface area contributed by atoms with Gasteiger partial charge in [-0.1, -0.05) is 12.2 Å². The first-order valence-corrected chi connectivity index (χ1v) is 4.33. The lowest BCUT2D eigenvalue weighted by Crippen LogP contribution is -2.24. The van der Waals surface area contributed by atoms with E-state index < -0.39 is 6.09 Å². The predicted octanol–water partition coefficient (Wildman–Crippen LogP) is 1.53. The Morgan fingerprint density at radius 2 is 2.00 bits per heavy atom. The van der Waals surface area contributed by atoms with Crippen molar-refractivity contribution in [2.75, 3.05) is 6.54 Å². The van der Waals surface area contributed by atoms with Crippen LogP contribution in [0, 0.1) is 0 Å². The fourth-order valence-corrected chi connectivity index (χ4v) is 0.863. The summed E-state index contributed by atoms with van der Waals surface area (Å²) in [7, 11) is 0. The van der Waals surface area contributed by atoms with Gasteiger partial charge in [0, 0.05) is 25.1 Å². The van der Waals surface area contributed by atoms with E-state index in [1.165, 1.54) is 17.4 Å². The fourth-order valence-electron chi connectivity index (χ4n) is 0.863. The van der Waals surface area contributed by atoms with Gasteiger partial charge in [0.25, 0.3) is 0 Å². The summed E-state index contributed by atoms with van der Waals surface area (Å²) in [4.78, 5) is 18.8. The zero-order chi connectivity index (χ0) is 10.9. The summed E-state index contributed by atoms with van der Waals surface area (Å²) >= 11 is 0. The molecule has 2 rings (SSSR count). The topological polar surface area (TPSA) is 66.3 Å². The summed E-state index contributed by atoms with van der Waals surface area (Å²) in [5, 5.41) is 8.38. The molecule has 0 atom stereocenters. The highest BCUT2D eigenvalue weighted by atomic mass is 16.4. The van der Waals surface area contributed by atoms with E-state index in [9.17, 15) is 4.79 Å². The van der Waals surface area contributed by atoms with E-state index in [0.29, 0.717) is 6.54 Å². The molecule has 5 nitrogen and oxygen atoms in total.